The zero-order valence-corrected chi connectivity index (χ0v) is 30.7. The normalized spacial score (nSPS) is 35.2. The summed E-state index contributed by atoms with van der Waals surface area (Å²) in [5.41, 5.74) is 5.88. The summed E-state index contributed by atoms with van der Waals surface area (Å²) >= 11 is 0. The van der Waals surface area contributed by atoms with Gasteiger partial charge >= 0.3 is 0 Å². The van der Waals surface area contributed by atoms with Crippen molar-refractivity contribution in [2.45, 2.75) is 119 Å². The zero-order valence-electron chi connectivity index (χ0n) is 30.7. The molecule has 0 saturated carbocycles. The van der Waals surface area contributed by atoms with Gasteiger partial charge in [0.15, 0.2) is 6.23 Å². The standard InChI is InChI=1S/C34H51N7O15/c1-12-10-41-24(25(12)47)32(54)39-30(52)20(46)9-18(35)28(50)36-21(13(2)42)33(55)40-11-17(45)8-19(40)29(51)38-23(31(53)37-22(14(3)43)34(41)56)27(49)26(48)15-4-6-16(44)7-5-15/h4-7,12-14,17-27,30,42-49,52H,8-11,35H2,1-3H3,(H,36,50)(H,37,53)(H,38,51)(H,39,54)/t12-,13?,14?,17+,18?,19-,20+,21-,22-,23-,24-,25-,26-,27-,30+/m0/s1. The van der Waals surface area contributed by atoms with Gasteiger partial charge in [0.2, 0.25) is 35.4 Å². The van der Waals surface area contributed by atoms with Crippen molar-refractivity contribution in [2.24, 2.45) is 11.7 Å². The fourth-order valence-electron chi connectivity index (χ4n) is 6.92. The molecule has 4 rings (SSSR count). The molecule has 6 amide bonds. The lowest BCUT2D eigenvalue weighted by atomic mass is 9.96. The molecule has 3 aliphatic rings. The number of benzene rings is 1. The number of aliphatic hydroxyl groups is 8. The van der Waals surface area contributed by atoms with E-state index in [1.165, 1.54) is 19.1 Å². The summed E-state index contributed by atoms with van der Waals surface area (Å²) in [5.74, 6) is -8.12. The van der Waals surface area contributed by atoms with Crippen LogP contribution in [-0.4, -0.2) is 183 Å². The van der Waals surface area contributed by atoms with E-state index < -0.39 is 146 Å². The van der Waals surface area contributed by atoms with E-state index in [1.807, 2.05) is 5.32 Å². The van der Waals surface area contributed by atoms with Crippen molar-refractivity contribution in [2.75, 3.05) is 13.1 Å². The number of nitrogens with zero attached hydrogens (tertiary/aromatic N) is 2. The molecule has 312 valence electrons. The number of hydrogen-bond acceptors (Lipinski definition) is 16. The number of hydrogen-bond donors (Lipinski definition) is 14. The first kappa shape index (κ1) is 44.2. The van der Waals surface area contributed by atoms with Crippen LogP contribution in [0.15, 0.2) is 24.3 Å². The maximum absolute atomic E-state index is 14.0. The summed E-state index contributed by atoms with van der Waals surface area (Å²) in [6, 6.07) is -6.28. The third kappa shape index (κ3) is 9.70. The van der Waals surface area contributed by atoms with Crippen molar-refractivity contribution in [1.82, 2.24) is 31.1 Å². The Balaban J connectivity index is 1.80. The first-order valence-electron chi connectivity index (χ1n) is 18.0. The van der Waals surface area contributed by atoms with Gasteiger partial charge in [-0.3, -0.25) is 28.8 Å². The highest BCUT2D eigenvalue weighted by Crippen LogP contribution is 2.27. The van der Waals surface area contributed by atoms with Crippen molar-refractivity contribution in [3.8, 4) is 5.75 Å². The van der Waals surface area contributed by atoms with Gasteiger partial charge in [-0.25, -0.2) is 0 Å². The molecular weight excluding hydrogens is 746 g/mol. The van der Waals surface area contributed by atoms with Gasteiger partial charge in [0.1, 0.15) is 54.3 Å². The Labute approximate surface area is 320 Å². The van der Waals surface area contributed by atoms with Gasteiger partial charge in [0.25, 0.3) is 0 Å². The minimum atomic E-state index is -2.24. The Morgan fingerprint density at radius 3 is 1.80 bits per heavy atom. The van der Waals surface area contributed by atoms with E-state index >= 15 is 0 Å². The van der Waals surface area contributed by atoms with Gasteiger partial charge in [0, 0.05) is 31.8 Å². The van der Waals surface area contributed by atoms with Gasteiger partial charge in [-0.15, -0.1) is 0 Å². The summed E-state index contributed by atoms with van der Waals surface area (Å²) in [7, 11) is 0. The summed E-state index contributed by atoms with van der Waals surface area (Å²) in [4.78, 5) is 83.9. The molecular formula is C34H51N7O15. The molecule has 0 bridgehead atoms. The molecule has 1 aromatic rings. The number of aliphatic hydroxyl groups excluding tert-OH is 8. The van der Waals surface area contributed by atoms with Gasteiger partial charge in [0.05, 0.1) is 30.5 Å². The molecule has 3 saturated heterocycles. The molecule has 0 aromatic heterocycles. The summed E-state index contributed by atoms with van der Waals surface area (Å²) in [6.07, 6.45) is -15.8. The molecule has 1 aromatic carbocycles. The third-order valence-corrected chi connectivity index (χ3v) is 10.2. The predicted molar refractivity (Wildman–Crippen MR) is 188 cm³/mol. The fourth-order valence-corrected chi connectivity index (χ4v) is 6.92. The number of nitrogens with two attached hydrogens (primary N) is 1. The second-order valence-corrected chi connectivity index (χ2v) is 14.6. The van der Waals surface area contributed by atoms with E-state index in [0.29, 0.717) is 0 Å². The molecule has 0 spiro atoms. The van der Waals surface area contributed by atoms with Crippen molar-refractivity contribution in [3.05, 3.63) is 29.8 Å². The Morgan fingerprint density at radius 2 is 1.23 bits per heavy atom. The SMILES string of the molecule is CC(O)[C@@H]1NC(=O)[C@H]([C@H](O)[C@@H](O)c2ccc(O)cc2)NC(=O)[C@@H]2C[C@@H](O)CN2C(=O)[C@H](C(C)O)NC(=O)C(N)C[C@@H](O)[C@@H](O)NC(=O)[C@@H]2[C@@H](O)[C@@H](C)CN2C1=O. The van der Waals surface area contributed by atoms with Crippen molar-refractivity contribution in [3.63, 3.8) is 0 Å². The molecule has 15 N–H and O–H groups in total. The number of phenols is 1. The number of phenolic OH excluding ortho intramolecular Hbond substituents is 1. The molecule has 22 heteroatoms. The van der Waals surface area contributed by atoms with Crippen LogP contribution in [0.3, 0.4) is 0 Å². The van der Waals surface area contributed by atoms with Gasteiger partial charge in [-0.2, -0.15) is 0 Å². The number of aromatic hydroxyl groups is 1. The molecule has 3 heterocycles. The van der Waals surface area contributed by atoms with E-state index in [0.717, 1.165) is 35.8 Å². The Hall–Kier alpha value is -4.52. The van der Waals surface area contributed by atoms with Crippen LogP contribution in [-0.2, 0) is 28.8 Å². The average molecular weight is 798 g/mol. The smallest absolute Gasteiger partial charge is 0.248 e. The largest absolute Gasteiger partial charge is 0.508 e. The van der Waals surface area contributed by atoms with Gasteiger partial charge in [-0.05, 0) is 31.5 Å². The van der Waals surface area contributed by atoms with Crippen LogP contribution in [0.2, 0.25) is 0 Å². The summed E-state index contributed by atoms with van der Waals surface area (Å²) in [6.45, 7) is 2.85. The Bertz CT molecular complexity index is 1620. The quantitative estimate of drug-likeness (QED) is 0.132. The minimum Gasteiger partial charge on any atom is -0.508 e. The number of carbonyl (C=O) groups excluding carboxylic acids is 6. The van der Waals surface area contributed by atoms with Gasteiger partial charge in [-0.1, -0.05) is 19.1 Å². The van der Waals surface area contributed by atoms with E-state index in [1.54, 1.807) is 0 Å². The summed E-state index contributed by atoms with van der Waals surface area (Å²) < 4.78 is 0. The van der Waals surface area contributed by atoms with E-state index in [9.17, 15) is 74.7 Å². The second kappa shape index (κ2) is 18.2. The van der Waals surface area contributed by atoms with Crippen molar-refractivity contribution >= 4 is 35.4 Å². The number of nitrogens with one attached hydrogen (secondary N) is 4. The molecule has 3 fully saturated rings. The molecule has 15 atom stereocenters. The average Bonchev–Trinajstić information content (AvgIpc) is 3.68. The van der Waals surface area contributed by atoms with Crippen LogP contribution in [0.25, 0.3) is 0 Å². The van der Waals surface area contributed by atoms with Crippen LogP contribution in [0.4, 0.5) is 0 Å². The maximum atomic E-state index is 14.0. The first-order valence-corrected chi connectivity index (χ1v) is 18.0. The lowest BCUT2D eigenvalue weighted by molar-refractivity contribution is -0.148. The zero-order chi connectivity index (χ0) is 41.9. The molecule has 3 unspecified atom stereocenters. The highest BCUT2D eigenvalue weighted by molar-refractivity contribution is 5.98. The highest BCUT2D eigenvalue weighted by Gasteiger charge is 2.50. The number of amides is 6. The van der Waals surface area contributed by atoms with Crippen LogP contribution in [0.5, 0.6) is 5.75 Å². The molecule has 0 aliphatic carbocycles. The van der Waals surface area contributed by atoms with Crippen LogP contribution >= 0.6 is 0 Å². The Morgan fingerprint density at radius 1 is 0.696 bits per heavy atom. The lowest BCUT2D eigenvalue weighted by Gasteiger charge is -2.34. The number of carbonyl (C=O) groups is 6. The maximum Gasteiger partial charge on any atom is 0.248 e. The molecule has 56 heavy (non-hydrogen) atoms. The molecule has 22 nitrogen and oxygen atoms in total. The van der Waals surface area contributed by atoms with Crippen LogP contribution in [0, 0.1) is 5.92 Å². The topological polar surface area (TPSA) is 365 Å². The second-order valence-electron chi connectivity index (χ2n) is 14.6. The minimum absolute atomic E-state index is 0.0501. The lowest BCUT2D eigenvalue weighted by Crippen LogP contribution is -2.64. The van der Waals surface area contributed by atoms with Crippen LogP contribution < -0.4 is 27.0 Å². The van der Waals surface area contributed by atoms with Crippen molar-refractivity contribution in [1.29, 1.82) is 0 Å². The van der Waals surface area contributed by atoms with Gasteiger partial charge < -0.3 is 82.8 Å². The van der Waals surface area contributed by atoms with E-state index in [4.69, 9.17) is 5.73 Å². The first-order chi connectivity index (χ1) is 26.1. The summed E-state index contributed by atoms with van der Waals surface area (Å²) in [5, 5.41) is 105. The molecule has 0 radical (unpaired) electrons. The molecule has 3 aliphatic heterocycles. The van der Waals surface area contributed by atoms with E-state index in [-0.39, 0.29) is 17.9 Å². The van der Waals surface area contributed by atoms with E-state index in [2.05, 4.69) is 16.0 Å². The highest BCUT2D eigenvalue weighted by atomic mass is 16.3. The third-order valence-electron chi connectivity index (χ3n) is 10.2. The number of fused-ring (bicyclic) bond motifs is 2. The predicted octanol–water partition coefficient (Wildman–Crippen LogP) is -7.30. The fraction of sp³-hybridized carbons (Fsp3) is 0.647. The van der Waals surface area contributed by atoms with Crippen molar-refractivity contribution < 1.29 is 74.7 Å². The monoisotopic (exact) mass is 797 g/mol. The Kier molecular flexibility index (Phi) is 14.3. The van der Waals surface area contributed by atoms with Crippen LogP contribution in [0.1, 0.15) is 45.3 Å². The number of rotatable bonds is 5.